The average Bonchev–Trinajstić information content (AvgIpc) is 2.89. The zero-order valence-corrected chi connectivity index (χ0v) is 13.4. The predicted molar refractivity (Wildman–Crippen MR) is 81.0 cm³/mol. The molecule has 1 unspecified atom stereocenters. The van der Waals surface area contributed by atoms with E-state index in [-0.39, 0.29) is 6.04 Å². The fourth-order valence-electron chi connectivity index (χ4n) is 2.10. The van der Waals surface area contributed by atoms with Gasteiger partial charge in [-0.1, -0.05) is 6.07 Å². The van der Waals surface area contributed by atoms with Crippen molar-refractivity contribution in [3.8, 4) is 5.75 Å². The fourth-order valence-corrected chi connectivity index (χ4v) is 2.66. The first-order chi connectivity index (χ1) is 9.69. The van der Waals surface area contributed by atoms with Crippen LogP contribution in [-0.4, -0.2) is 21.3 Å². The largest absolute Gasteiger partial charge is 0.496 e. The van der Waals surface area contributed by atoms with Gasteiger partial charge in [-0.05, 0) is 52.8 Å². The Morgan fingerprint density at radius 2 is 2.05 bits per heavy atom. The van der Waals surface area contributed by atoms with Crippen LogP contribution in [0.3, 0.4) is 0 Å². The summed E-state index contributed by atoms with van der Waals surface area (Å²) in [6.45, 7) is 0.475. The van der Waals surface area contributed by atoms with E-state index in [2.05, 4.69) is 21.2 Å². The molecule has 0 fully saturated rings. The number of methoxy groups -OCH3 is 2. The van der Waals surface area contributed by atoms with Gasteiger partial charge in [0.1, 0.15) is 23.9 Å². The Bertz CT molecular complexity index is 568. The molecule has 0 spiro atoms. The highest BCUT2D eigenvalue weighted by Crippen LogP contribution is 2.31. The van der Waals surface area contributed by atoms with Gasteiger partial charge in [-0.15, -0.1) is 0 Å². The molecular weight excluding hydrogens is 322 g/mol. The molecule has 2 rings (SSSR count). The van der Waals surface area contributed by atoms with Crippen molar-refractivity contribution in [3.63, 3.8) is 0 Å². The number of hydrogen-bond acceptors (Lipinski definition) is 4. The van der Waals surface area contributed by atoms with Crippen molar-refractivity contribution in [2.75, 3.05) is 21.3 Å². The van der Waals surface area contributed by atoms with Crippen molar-refractivity contribution in [3.05, 3.63) is 51.9 Å². The predicted octanol–water partition coefficient (Wildman–Crippen LogP) is 3.51. The molecule has 0 aliphatic heterocycles. The molecule has 4 nitrogen and oxygen atoms in total. The molecule has 5 heteroatoms. The number of rotatable bonds is 6. The molecule has 0 radical (unpaired) electrons. The van der Waals surface area contributed by atoms with Crippen LogP contribution in [0, 0.1) is 0 Å². The van der Waals surface area contributed by atoms with Crippen LogP contribution in [0.4, 0.5) is 0 Å². The number of furan rings is 1. The Morgan fingerprint density at radius 3 is 2.65 bits per heavy atom. The molecule has 0 saturated carbocycles. The monoisotopic (exact) mass is 339 g/mol. The molecule has 0 bridgehead atoms. The lowest BCUT2D eigenvalue weighted by atomic mass is 10.0. The summed E-state index contributed by atoms with van der Waals surface area (Å²) in [5.74, 6) is 2.48. The number of halogens is 1. The summed E-state index contributed by atoms with van der Waals surface area (Å²) in [6.07, 6.45) is 0. The van der Waals surface area contributed by atoms with E-state index >= 15 is 0 Å². The Balaban J connectivity index is 2.28. The van der Waals surface area contributed by atoms with E-state index in [4.69, 9.17) is 13.9 Å². The molecule has 0 saturated heterocycles. The van der Waals surface area contributed by atoms with E-state index in [0.29, 0.717) is 6.61 Å². The Labute approximate surface area is 127 Å². The first-order valence-electron chi connectivity index (χ1n) is 6.27. The Kier molecular flexibility index (Phi) is 5.23. The lowest BCUT2D eigenvalue weighted by Gasteiger charge is -2.15. The van der Waals surface area contributed by atoms with Crippen LogP contribution in [0.1, 0.15) is 23.1 Å². The van der Waals surface area contributed by atoms with E-state index < -0.39 is 0 Å². The van der Waals surface area contributed by atoms with Crippen LogP contribution in [0.15, 0.2) is 39.2 Å². The van der Waals surface area contributed by atoms with Gasteiger partial charge >= 0.3 is 0 Å². The average molecular weight is 340 g/mol. The third kappa shape index (κ3) is 3.23. The maximum absolute atomic E-state index is 5.79. The van der Waals surface area contributed by atoms with Gasteiger partial charge in [0.15, 0.2) is 0 Å². The highest BCUT2D eigenvalue weighted by Gasteiger charge is 2.17. The summed E-state index contributed by atoms with van der Waals surface area (Å²) in [6, 6.07) is 9.86. The second kappa shape index (κ2) is 6.92. The van der Waals surface area contributed by atoms with Crippen molar-refractivity contribution < 1.29 is 13.9 Å². The van der Waals surface area contributed by atoms with Crippen molar-refractivity contribution in [1.29, 1.82) is 0 Å². The van der Waals surface area contributed by atoms with Crippen LogP contribution >= 0.6 is 15.9 Å². The fraction of sp³-hybridized carbons (Fsp3) is 0.333. The zero-order valence-electron chi connectivity index (χ0n) is 11.8. The van der Waals surface area contributed by atoms with Crippen molar-refractivity contribution >= 4 is 15.9 Å². The van der Waals surface area contributed by atoms with Gasteiger partial charge in [-0.25, -0.2) is 0 Å². The van der Waals surface area contributed by atoms with E-state index in [1.54, 1.807) is 14.2 Å². The van der Waals surface area contributed by atoms with Gasteiger partial charge < -0.3 is 19.2 Å². The van der Waals surface area contributed by atoms with Crippen molar-refractivity contribution in [2.45, 2.75) is 12.6 Å². The van der Waals surface area contributed by atoms with E-state index in [9.17, 15) is 0 Å². The smallest absolute Gasteiger partial charge is 0.133 e. The first-order valence-corrected chi connectivity index (χ1v) is 7.07. The number of nitrogens with one attached hydrogen (secondary N) is 1. The highest BCUT2D eigenvalue weighted by atomic mass is 79.9. The van der Waals surface area contributed by atoms with Crippen LogP contribution in [0.2, 0.25) is 0 Å². The quantitative estimate of drug-likeness (QED) is 0.874. The Morgan fingerprint density at radius 1 is 1.25 bits per heavy atom. The van der Waals surface area contributed by atoms with Gasteiger partial charge in [0.05, 0.1) is 17.6 Å². The molecule has 20 heavy (non-hydrogen) atoms. The summed E-state index contributed by atoms with van der Waals surface area (Å²) in [4.78, 5) is 0. The molecule has 1 atom stereocenters. The van der Waals surface area contributed by atoms with Gasteiger partial charge in [0, 0.05) is 7.11 Å². The molecule has 108 valence electrons. The van der Waals surface area contributed by atoms with Gasteiger partial charge in [-0.2, -0.15) is 0 Å². The van der Waals surface area contributed by atoms with Gasteiger partial charge in [0.25, 0.3) is 0 Å². The zero-order chi connectivity index (χ0) is 14.5. The summed E-state index contributed by atoms with van der Waals surface area (Å²) in [5.41, 5.74) is 1.10. The Hall–Kier alpha value is -1.30. The maximum Gasteiger partial charge on any atom is 0.133 e. The second-order valence-electron chi connectivity index (χ2n) is 4.35. The number of ether oxygens (including phenoxy) is 2. The summed E-state index contributed by atoms with van der Waals surface area (Å²) < 4.78 is 17.0. The van der Waals surface area contributed by atoms with E-state index in [1.165, 1.54) is 0 Å². The molecule has 0 aliphatic carbocycles. The van der Waals surface area contributed by atoms with Gasteiger partial charge in [-0.3, -0.25) is 0 Å². The molecular formula is C15H18BrNO3. The molecule has 1 N–H and O–H groups in total. The SMILES string of the molecule is CNC(c1ccc(OC)c(Br)c1)c1ccc(COC)o1. The minimum absolute atomic E-state index is 0.0113. The minimum atomic E-state index is -0.0113. The van der Waals surface area contributed by atoms with E-state index in [0.717, 1.165) is 27.3 Å². The minimum Gasteiger partial charge on any atom is -0.496 e. The van der Waals surface area contributed by atoms with Crippen LogP contribution < -0.4 is 10.1 Å². The number of hydrogen-bond donors (Lipinski definition) is 1. The molecule has 1 heterocycles. The van der Waals surface area contributed by atoms with Gasteiger partial charge in [0.2, 0.25) is 0 Å². The maximum atomic E-state index is 5.79. The lowest BCUT2D eigenvalue weighted by Crippen LogP contribution is -2.17. The first kappa shape index (κ1) is 15.1. The standard InChI is InChI=1S/C15H18BrNO3/c1-17-15(14-7-5-11(20-14)9-18-2)10-4-6-13(19-3)12(16)8-10/h4-8,15,17H,9H2,1-3H3. The second-order valence-corrected chi connectivity index (χ2v) is 5.21. The molecule has 1 aromatic heterocycles. The third-order valence-corrected chi connectivity index (χ3v) is 3.67. The summed E-state index contributed by atoms with van der Waals surface area (Å²) in [7, 11) is 5.21. The summed E-state index contributed by atoms with van der Waals surface area (Å²) >= 11 is 3.50. The van der Waals surface area contributed by atoms with E-state index in [1.807, 2.05) is 37.4 Å². The molecule has 0 amide bonds. The van der Waals surface area contributed by atoms with Crippen LogP contribution in [-0.2, 0) is 11.3 Å². The van der Waals surface area contributed by atoms with Crippen molar-refractivity contribution in [2.24, 2.45) is 0 Å². The normalized spacial score (nSPS) is 12.4. The molecule has 0 aliphatic rings. The van der Waals surface area contributed by atoms with Crippen LogP contribution in [0.25, 0.3) is 0 Å². The number of benzene rings is 1. The lowest BCUT2D eigenvalue weighted by molar-refractivity contribution is 0.162. The van der Waals surface area contributed by atoms with Crippen molar-refractivity contribution in [1.82, 2.24) is 5.32 Å². The molecule has 1 aromatic carbocycles. The van der Waals surface area contributed by atoms with Crippen LogP contribution in [0.5, 0.6) is 5.75 Å². The topological polar surface area (TPSA) is 43.6 Å². The summed E-state index contributed by atoms with van der Waals surface area (Å²) in [5, 5.41) is 3.26. The third-order valence-electron chi connectivity index (χ3n) is 3.05. The molecule has 2 aromatic rings. The highest BCUT2D eigenvalue weighted by molar-refractivity contribution is 9.10.